The summed E-state index contributed by atoms with van der Waals surface area (Å²) in [6.07, 6.45) is 3.00. The number of carbonyl (C=O) groups excluding carboxylic acids is 1. The second kappa shape index (κ2) is 11.4. The van der Waals surface area contributed by atoms with E-state index in [0.717, 1.165) is 12.8 Å². The van der Waals surface area contributed by atoms with E-state index < -0.39 is 17.7 Å². The minimum absolute atomic E-state index is 0.0180. The maximum absolute atomic E-state index is 13.6. The molecule has 1 aliphatic carbocycles. The van der Waals surface area contributed by atoms with E-state index in [2.05, 4.69) is 27.6 Å². The molecule has 10 heteroatoms. The van der Waals surface area contributed by atoms with Gasteiger partial charge in [-0.15, -0.1) is 0 Å². The first-order valence-electron chi connectivity index (χ1n) is 13.7. The van der Waals surface area contributed by atoms with E-state index in [-0.39, 0.29) is 23.8 Å². The van der Waals surface area contributed by atoms with Gasteiger partial charge in [0.25, 0.3) is 17.4 Å². The Hall–Kier alpha value is -5.12. The minimum atomic E-state index is -0.887. The fourth-order valence-electron chi connectivity index (χ4n) is 5.51. The van der Waals surface area contributed by atoms with E-state index in [0.29, 0.717) is 52.9 Å². The molecule has 0 radical (unpaired) electrons. The number of hydrogen-bond donors (Lipinski definition) is 2. The molecule has 0 unspecified atom stereocenters. The molecule has 1 aliphatic rings. The zero-order chi connectivity index (χ0) is 29.2. The van der Waals surface area contributed by atoms with Gasteiger partial charge in [0.2, 0.25) is 5.89 Å². The van der Waals surface area contributed by atoms with Gasteiger partial charge in [-0.1, -0.05) is 24.3 Å². The molecule has 212 valence electrons. The van der Waals surface area contributed by atoms with Crippen molar-refractivity contribution < 1.29 is 23.6 Å². The summed E-state index contributed by atoms with van der Waals surface area (Å²) in [6, 6.07) is 20.4. The van der Waals surface area contributed by atoms with Crippen LogP contribution >= 0.6 is 0 Å². The Bertz CT molecular complexity index is 1840. The van der Waals surface area contributed by atoms with Crippen LogP contribution in [0.15, 0.2) is 82.1 Å². The quantitative estimate of drug-likeness (QED) is 0.227. The summed E-state index contributed by atoms with van der Waals surface area (Å²) in [5.74, 6) is -1.18. The first kappa shape index (κ1) is 27.1. The van der Waals surface area contributed by atoms with E-state index in [1.807, 2.05) is 18.2 Å². The molecule has 1 amide bonds. The Morgan fingerprint density at radius 2 is 1.74 bits per heavy atom. The van der Waals surface area contributed by atoms with E-state index in [9.17, 15) is 18.8 Å². The Morgan fingerprint density at radius 1 is 1.00 bits per heavy atom. The Labute approximate surface area is 239 Å². The highest BCUT2D eigenvalue weighted by Gasteiger charge is 2.27. The number of aromatic nitrogens is 3. The second-order valence-corrected chi connectivity index (χ2v) is 10.4. The molecule has 5 aromatic rings. The molecular formula is C32H27FN4O5. The van der Waals surface area contributed by atoms with Crippen LogP contribution in [0, 0.1) is 5.82 Å². The van der Waals surface area contributed by atoms with Crippen LogP contribution in [0.25, 0.3) is 16.5 Å². The standard InChI is InChI=1S/C32H27FN4O5/c33-24-10-12-25(13-11-24)37-26(7-3-4-8-28(38)39)18-22-17-21(9-14-27(22)31(37)41)29(40)34-32-35-30(42-36-32)23-15-19-5-1-2-6-20(19)16-23/h1-2,5-6,9-14,17-18,23H,3-4,7-8,15-16H2,(H,38,39)(H,34,36,40). The Kier molecular flexibility index (Phi) is 7.35. The number of carbonyl (C=O) groups is 2. The predicted octanol–water partition coefficient (Wildman–Crippen LogP) is 5.44. The molecule has 0 saturated carbocycles. The minimum Gasteiger partial charge on any atom is -0.481 e. The van der Waals surface area contributed by atoms with Crippen LogP contribution in [0.4, 0.5) is 10.3 Å². The van der Waals surface area contributed by atoms with Crippen molar-refractivity contribution in [1.82, 2.24) is 14.7 Å². The number of carboxylic acid groups (broad SMARTS) is 1. The third-order valence-corrected chi connectivity index (χ3v) is 7.58. The number of amides is 1. The number of hydrogen-bond acceptors (Lipinski definition) is 6. The summed E-state index contributed by atoms with van der Waals surface area (Å²) in [6.45, 7) is 0. The molecule has 0 aliphatic heterocycles. The highest BCUT2D eigenvalue weighted by atomic mass is 19.1. The lowest BCUT2D eigenvalue weighted by Gasteiger charge is -2.15. The van der Waals surface area contributed by atoms with Crippen LogP contribution in [-0.2, 0) is 24.1 Å². The number of fused-ring (bicyclic) bond motifs is 2. The van der Waals surface area contributed by atoms with Gasteiger partial charge in [0.1, 0.15) is 5.82 Å². The van der Waals surface area contributed by atoms with Crippen molar-refractivity contribution in [1.29, 1.82) is 0 Å². The van der Waals surface area contributed by atoms with Gasteiger partial charge in [-0.2, -0.15) is 4.98 Å². The Morgan fingerprint density at radius 3 is 2.45 bits per heavy atom. The maximum atomic E-state index is 13.6. The van der Waals surface area contributed by atoms with Crippen molar-refractivity contribution in [3.05, 3.63) is 117 Å². The number of nitrogens with zero attached hydrogens (tertiary/aromatic N) is 3. The number of aliphatic carboxylic acids is 1. The third kappa shape index (κ3) is 5.56. The number of anilines is 1. The monoisotopic (exact) mass is 566 g/mol. The van der Waals surface area contributed by atoms with Gasteiger partial charge >= 0.3 is 5.97 Å². The largest absolute Gasteiger partial charge is 0.481 e. The third-order valence-electron chi connectivity index (χ3n) is 7.58. The molecule has 2 heterocycles. The van der Waals surface area contributed by atoms with Crippen LogP contribution in [0.2, 0.25) is 0 Å². The lowest BCUT2D eigenvalue weighted by atomic mass is 10.0. The van der Waals surface area contributed by atoms with E-state index in [1.165, 1.54) is 40.0 Å². The molecule has 0 fully saturated rings. The number of pyridine rings is 1. The predicted molar refractivity (Wildman–Crippen MR) is 154 cm³/mol. The number of halogens is 1. The lowest BCUT2D eigenvalue weighted by Crippen LogP contribution is -2.22. The molecule has 0 spiro atoms. The van der Waals surface area contributed by atoms with Gasteiger partial charge in [-0.05, 0) is 102 Å². The average molecular weight is 567 g/mol. The van der Waals surface area contributed by atoms with Gasteiger partial charge in [0.15, 0.2) is 0 Å². The SMILES string of the molecule is O=C(O)CCCCc1cc2cc(C(=O)Nc3noc(C4Cc5ccccc5C4)n3)ccc2c(=O)n1-c1ccc(F)cc1. The van der Waals surface area contributed by atoms with Crippen molar-refractivity contribution in [3.8, 4) is 5.69 Å². The molecule has 42 heavy (non-hydrogen) atoms. The van der Waals surface area contributed by atoms with Crippen LogP contribution < -0.4 is 10.9 Å². The number of nitrogens with one attached hydrogen (secondary N) is 1. The zero-order valence-corrected chi connectivity index (χ0v) is 22.5. The van der Waals surface area contributed by atoms with Gasteiger partial charge < -0.3 is 9.63 Å². The van der Waals surface area contributed by atoms with Crippen LogP contribution in [0.1, 0.15) is 58.2 Å². The van der Waals surface area contributed by atoms with Gasteiger partial charge in [0.05, 0.1) is 0 Å². The summed E-state index contributed by atoms with van der Waals surface area (Å²) in [5, 5.41) is 16.6. The van der Waals surface area contributed by atoms with E-state index in [1.54, 1.807) is 18.2 Å². The summed E-state index contributed by atoms with van der Waals surface area (Å²) in [7, 11) is 0. The van der Waals surface area contributed by atoms with Gasteiger partial charge in [-0.25, -0.2) is 4.39 Å². The lowest BCUT2D eigenvalue weighted by molar-refractivity contribution is -0.137. The summed E-state index contributed by atoms with van der Waals surface area (Å²) in [5.41, 5.74) is 3.61. The van der Waals surface area contributed by atoms with Crippen LogP contribution in [0.5, 0.6) is 0 Å². The molecule has 0 atom stereocenters. The molecule has 2 N–H and O–H groups in total. The normalized spacial score (nSPS) is 12.9. The molecule has 6 rings (SSSR count). The van der Waals surface area contributed by atoms with Crippen molar-refractivity contribution >= 4 is 28.6 Å². The number of benzene rings is 3. The van der Waals surface area contributed by atoms with Crippen molar-refractivity contribution in [2.75, 3.05) is 5.32 Å². The summed E-state index contributed by atoms with van der Waals surface area (Å²) >= 11 is 0. The van der Waals surface area contributed by atoms with Crippen molar-refractivity contribution in [2.24, 2.45) is 0 Å². The highest BCUT2D eigenvalue weighted by molar-refractivity contribution is 6.05. The number of aryl methyl sites for hydroxylation is 1. The van der Waals surface area contributed by atoms with Crippen molar-refractivity contribution in [3.63, 3.8) is 0 Å². The zero-order valence-electron chi connectivity index (χ0n) is 22.5. The smallest absolute Gasteiger partial charge is 0.303 e. The average Bonchev–Trinajstić information content (AvgIpc) is 3.63. The number of unbranched alkanes of at least 4 members (excludes halogenated alkanes) is 1. The van der Waals surface area contributed by atoms with Crippen molar-refractivity contribution in [2.45, 2.75) is 44.4 Å². The molecule has 0 bridgehead atoms. The topological polar surface area (TPSA) is 127 Å². The highest BCUT2D eigenvalue weighted by Crippen LogP contribution is 2.33. The molecule has 0 saturated heterocycles. The summed E-state index contributed by atoms with van der Waals surface area (Å²) in [4.78, 5) is 42.1. The maximum Gasteiger partial charge on any atom is 0.303 e. The van der Waals surface area contributed by atoms with Gasteiger partial charge in [-0.3, -0.25) is 24.3 Å². The van der Waals surface area contributed by atoms with Crippen LogP contribution in [-0.4, -0.2) is 31.7 Å². The van der Waals surface area contributed by atoms with E-state index >= 15 is 0 Å². The fourth-order valence-corrected chi connectivity index (χ4v) is 5.51. The molecule has 3 aromatic carbocycles. The van der Waals surface area contributed by atoms with Crippen LogP contribution in [0.3, 0.4) is 0 Å². The first-order valence-corrected chi connectivity index (χ1v) is 13.7. The molecule has 9 nitrogen and oxygen atoms in total. The fraction of sp³-hybridized carbons (Fsp3) is 0.219. The summed E-state index contributed by atoms with van der Waals surface area (Å²) < 4.78 is 20.6. The molecular weight excluding hydrogens is 539 g/mol. The first-order chi connectivity index (χ1) is 20.4. The van der Waals surface area contributed by atoms with E-state index in [4.69, 9.17) is 9.63 Å². The Balaban J connectivity index is 1.25. The molecule has 2 aromatic heterocycles. The number of rotatable bonds is 9. The van der Waals surface area contributed by atoms with Gasteiger partial charge in [0, 0.05) is 34.7 Å². The number of carboxylic acids is 1. The second-order valence-electron chi connectivity index (χ2n) is 10.4.